The Morgan fingerprint density at radius 1 is 1.22 bits per heavy atom. The minimum absolute atomic E-state index is 0.703. The van der Waals surface area contributed by atoms with Gasteiger partial charge in [-0.2, -0.15) is 0 Å². The lowest BCUT2D eigenvalue weighted by atomic mass is 9.94. The van der Waals surface area contributed by atoms with E-state index in [9.17, 15) is 9.90 Å². The lowest BCUT2D eigenvalue weighted by molar-refractivity contribution is -0.144. The molecule has 0 fully saturated rings. The third kappa shape index (κ3) is 6.36. The number of aliphatic carboxylic acids is 1. The van der Waals surface area contributed by atoms with Gasteiger partial charge in [0.1, 0.15) is 5.54 Å². The van der Waals surface area contributed by atoms with E-state index >= 15 is 0 Å². The summed E-state index contributed by atoms with van der Waals surface area (Å²) in [4.78, 5) is 13.6. The van der Waals surface area contributed by atoms with Crippen molar-refractivity contribution in [2.75, 3.05) is 26.2 Å². The highest BCUT2D eigenvalue weighted by Crippen LogP contribution is 2.15. The number of unbranched alkanes of at least 4 members (excludes halogenated alkanes) is 2. The predicted octanol–water partition coefficient (Wildman–Crippen LogP) is 2.34. The van der Waals surface area contributed by atoms with E-state index in [0.717, 1.165) is 45.4 Å². The molecule has 0 aromatic rings. The Bertz CT molecular complexity index is 230. The van der Waals surface area contributed by atoms with Crippen LogP contribution in [0.4, 0.5) is 0 Å². The van der Waals surface area contributed by atoms with Crippen molar-refractivity contribution in [2.45, 2.75) is 58.9 Å². The molecule has 0 amide bonds. The zero-order valence-corrected chi connectivity index (χ0v) is 12.5. The number of carboxylic acids is 1. The molecule has 0 aliphatic carbocycles. The Labute approximate surface area is 112 Å². The van der Waals surface area contributed by atoms with Crippen molar-refractivity contribution in [2.24, 2.45) is 0 Å². The Morgan fingerprint density at radius 3 is 2.28 bits per heavy atom. The van der Waals surface area contributed by atoms with E-state index in [4.69, 9.17) is 0 Å². The van der Waals surface area contributed by atoms with Gasteiger partial charge in [0.05, 0.1) is 0 Å². The highest BCUT2D eigenvalue weighted by atomic mass is 16.4. The summed E-state index contributed by atoms with van der Waals surface area (Å²) in [6.45, 7) is 11.8. The van der Waals surface area contributed by atoms with Gasteiger partial charge in [-0.25, -0.2) is 0 Å². The van der Waals surface area contributed by atoms with Gasteiger partial charge in [0.25, 0.3) is 0 Å². The largest absolute Gasteiger partial charge is 0.480 e. The fourth-order valence-corrected chi connectivity index (χ4v) is 2.03. The van der Waals surface area contributed by atoms with Crippen LogP contribution in [-0.2, 0) is 4.79 Å². The molecule has 0 radical (unpaired) electrons. The number of nitrogens with one attached hydrogen (secondary N) is 1. The van der Waals surface area contributed by atoms with E-state index in [0.29, 0.717) is 6.42 Å². The van der Waals surface area contributed by atoms with E-state index < -0.39 is 11.5 Å². The zero-order valence-electron chi connectivity index (χ0n) is 12.5. The molecule has 0 saturated carbocycles. The van der Waals surface area contributed by atoms with Gasteiger partial charge in [-0.3, -0.25) is 4.79 Å². The molecule has 0 heterocycles. The van der Waals surface area contributed by atoms with Gasteiger partial charge in [-0.15, -0.1) is 0 Å². The molecule has 0 aromatic carbocycles. The molecular weight excluding hydrogens is 228 g/mol. The monoisotopic (exact) mass is 258 g/mol. The molecule has 1 unspecified atom stereocenters. The maximum atomic E-state index is 11.4. The quantitative estimate of drug-likeness (QED) is 0.559. The third-order valence-corrected chi connectivity index (χ3v) is 3.59. The van der Waals surface area contributed by atoms with Crippen molar-refractivity contribution in [3.8, 4) is 0 Å². The average molecular weight is 258 g/mol. The molecule has 0 aliphatic rings. The van der Waals surface area contributed by atoms with Crippen molar-refractivity contribution < 1.29 is 9.90 Å². The second kappa shape index (κ2) is 9.34. The van der Waals surface area contributed by atoms with Crippen LogP contribution >= 0.6 is 0 Å². The summed E-state index contributed by atoms with van der Waals surface area (Å²) in [7, 11) is 0. The molecule has 4 nitrogen and oxygen atoms in total. The molecule has 0 spiro atoms. The molecule has 4 heteroatoms. The lowest BCUT2D eigenvalue weighted by Crippen LogP contribution is -2.51. The summed E-state index contributed by atoms with van der Waals surface area (Å²) in [6, 6.07) is 0. The normalized spacial score (nSPS) is 14.7. The number of likely N-dealkylation sites (N-methyl/N-ethyl adjacent to an activating group) is 1. The first-order valence-electron chi connectivity index (χ1n) is 7.20. The SMILES string of the molecule is CCCCCC(C)(NCCN(CC)CC)C(=O)O. The smallest absolute Gasteiger partial charge is 0.323 e. The van der Waals surface area contributed by atoms with Crippen molar-refractivity contribution in [1.29, 1.82) is 0 Å². The number of hydrogen-bond acceptors (Lipinski definition) is 3. The Kier molecular flexibility index (Phi) is 9.02. The van der Waals surface area contributed by atoms with E-state index in [2.05, 4.69) is 31.0 Å². The van der Waals surface area contributed by atoms with Gasteiger partial charge >= 0.3 is 5.97 Å². The third-order valence-electron chi connectivity index (χ3n) is 3.59. The van der Waals surface area contributed by atoms with Crippen LogP contribution in [0, 0.1) is 0 Å². The number of nitrogens with zero attached hydrogens (tertiary/aromatic N) is 1. The molecule has 0 aliphatic heterocycles. The van der Waals surface area contributed by atoms with Gasteiger partial charge in [0, 0.05) is 13.1 Å². The molecule has 0 rings (SSSR count). The van der Waals surface area contributed by atoms with Crippen LogP contribution in [0.15, 0.2) is 0 Å². The Balaban J connectivity index is 4.13. The maximum Gasteiger partial charge on any atom is 0.323 e. The first kappa shape index (κ1) is 17.4. The van der Waals surface area contributed by atoms with Crippen molar-refractivity contribution in [3.63, 3.8) is 0 Å². The standard InChI is InChI=1S/C14H30N2O2/c1-5-8-9-10-14(4,13(17)18)15-11-12-16(6-2)7-3/h15H,5-12H2,1-4H3,(H,17,18). The van der Waals surface area contributed by atoms with Crippen LogP contribution in [0.2, 0.25) is 0 Å². The van der Waals surface area contributed by atoms with Crippen LogP contribution < -0.4 is 5.32 Å². The van der Waals surface area contributed by atoms with Crippen LogP contribution in [-0.4, -0.2) is 47.7 Å². The predicted molar refractivity (Wildman–Crippen MR) is 76.0 cm³/mol. The molecule has 108 valence electrons. The van der Waals surface area contributed by atoms with E-state index in [1.54, 1.807) is 6.92 Å². The molecule has 0 saturated heterocycles. The summed E-state index contributed by atoms with van der Waals surface area (Å²) in [5.41, 5.74) is -0.775. The summed E-state index contributed by atoms with van der Waals surface area (Å²) < 4.78 is 0. The second-order valence-electron chi connectivity index (χ2n) is 5.05. The molecular formula is C14H30N2O2. The molecule has 2 N–H and O–H groups in total. The van der Waals surface area contributed by atoms with Gasteiger partial charge < -0.3 is 15.3 Å². The summed E-state index contributed by atoms with van der Waals surface area (Å²) >= 11 is 0. The van der Waals surface area contributed by atoms with Crippen molar-refractivity contribution in [3.05, 3.63) is 0 Å². The fourth-order valence-electron chi connectivity index (χ4n) is 2.03. The Morgan fingerprint density at radius 2 is 1.83 bits per heavy atom. The summed E-state index contributed by atoms with van der Waals surface area (Å²) in [5.74, 6) is -0.738. The van der Waals surface area contributed by atoms with Gasteiger partial charge in [-0.1, -0.05) is 40.0 Å². The van der Waals surface area contributed by atoms with Crippen LogP contribution in [0.5, 0.6) is 0 Å². The highest BCUT2D eigenvalue weighted by molar-refractivity contribution is 5.78. The fraction of sp³-hybridized carbons (Fsp3) is 0.929. The first-order chi connectivity index (χ1) is 8.50. The van der Waals surface area contributed by atoms with Gasteiger partial charge in [0.2, 0.25) is 0 Å². The number of carboxylic acid groups (broad SMARTS) is 1. The van der Waals surface area contributed by atoms with Crippen molar-refractivity contribution >= 4 is 5.97 Å². The van der Waals surface area contributed by atoms with Crippen LogP contribution in [0.25, 0.3) is 0 Å². The second-order valence-corrected chi connectivity index (χ2v) is 5.05. The summed E-state index contributed by atoms with van der Waals surface area (Å²) in [5, 5.41) is 12.5. The molecule has 1 atom stereocenters. The number of hydrogen-bond donors (Lipinski definition) is 2. The zero-order chi connectivity index (χ0) is 14.0. The van der Waals surface area contributed by atoms with E-state index in [1.165, 1.54) is 0 Å². The molecule has 0 aromatic heterocycles. The van der Waals surface area contributed by atoms with Crippen molar-refractivity contribution in [1.82, 2.24) is 10.2 Å². The molecule has 0 bridgehead atoms. The summed E-state index contributed by atoms with van der Waals surface area (Å²) in [6.07, 6.45) is 3.89. The highest BCUT2D eigenvalue weighted by Gasteiger charge is 2.31. The van der Waals surface area contributed by atoms with E-state index in [1.807, 2.05) is 0 Å². The average Bonchev–Trinajstić information content (AvgIpc) is 2.35. The number of rotatable bonds is 11. The van der Waals surface area contributed by atoms with Crippen LogP contribution in [0.1, 0.15) is 53.4 Å². The Hall–Kier alpha value is -0.610. The van der Waals surface area contributed by atoms with Gasteiger partial charge in [-0.05, 0) is 26.4 Å². The minimum Gasteiger partial charge on any atom is -0.480 e. The van der Waals surface area contributed by atoms with E-state index in [-0.39, 0.29) is 0 Å². The molecule has 18 heavy (non-hydrogen) atoms. The first-order valence-corrected chi connectivity index (χ1v) is 7.20. The maximum absolute atomic E-state index is 11.4. The topological polar surface area (TPSA) is 52.6 Å². The minimum atomic E-state index is -0.775. The lowest BCUT2D eigenvalue weighted by Gasteiger charge is -2.28. The number of carbonyl (C=O) groups is 1. The van der Waals surface area contributed by atoms with Crippen LogP contribution in [0.3, 0.4) is 0 Å². The van der Waals surface area contributed by atoms with Gasteiger partial charge in [0.15, 0.2) is 0 Å².